The van der Waals surface area contributed by atoms with Crippen LogP contribution in [-0.4, -0.2) is 69.0 Å². The number of ether oxygens (including phenoxy) is 3. The molecule has 30 heavy (non-hydrogen) atoms. The van der Waals surface area contributed by atoms with Crippen LogP contribution in [0, 0.1) is 0 Å². The highest BCUT2D eigenvalue weighted by atomic mass is 16.5. The number of rotatable bonds is 9. The first-order valence-corrected chi connectivity index (χ1v) is 8.63. The van der Waals surface area contributed by atoms with Gasteiger partial charge in [-0.15, -0.1) is 0 Å². The molecule has 0 saturated heterocycles. The molecule has 0 atom stereocenters. The molecule has 0 aromatic heterocycles. The van der Waals surface area contributed by atoms with Crippen molar-refractivity contribution in [2.45, 2.75) is 6.42 Å². The van der Waals surface area contributed by atoms with E-state index >= 15 is 0 Å². The van der Waals surface area contributed by atoms with Crippen LogP contribution < -0.4 is 4.74 Å². The number of aromatic hydroxyl groups is 5. The predicted octanol–water partition coefficient (Wildman–Crippen LogP) is 0.990. The van der Waals surface area contributed by atoms with E-state index < -0.39 is 40.7 Å². The zero-order valence-electron chi connectivity index (χ0n) is 15.6. The van der Waals surface area contributed by atoms with Crippen molar-refractivity contribution in [3.63, 3.8) is 0 Å². The van der Waals surface area contributed by atoms with Gasteiger partial charge in [0.15, 0.2) is 28.7 Å². The standard InChI is InChI=1S/C19H20O11/c20-2-5-28-17-14(23)8-11(9-15(17)24)19(27)30-4-1-3-29-18(26)10-6-12(21)16(25)13(22)7-10/h6-9,20-25H,1-5H2. The Morgan fingerprint density at radius 3 is 1.57 bits per heavy atom. The molecular weight excluding hydrogens is 404 g/mol. The van der Waals surface area contributed by atoms with Gasteiger partial charge in [-0.05, 0) is 24.3 Å². The van der Waals surface area contributed by atoms with Crippen molar-refractivity contribution < 1.29 is 54.4 Å². The number of carbonyl (C=O) groups is 2. The van der Waals surface area contributed by atoms with Gasteiger partial charge in [0.1, 0.15) is 6.61 Å². The Morgan fingerprint density at radius 2 is 1.13 bits per heavy atom. The fourth-order valence-electron chi connectivity index (χ4n) is 2.29. The van der Waals surface area contributed by atoms with Gasteiger partial charge < -0.3 is 44.8 Å². The van der Waals surface area contributed by atoms with E-state index in [0.717, 1.165) is 24.3 Å². The lowest BCUT2D eigenvalue weighted by Crippen LogP contribution is -2.11. The monoisotopic (exact) mass is 424 g/mol. The molecule has 0 aliphatic rings. The van der Waals surface area contributed by atoms with Gasteiger partial charge in [0.25, 0.3) is 0 Å². The van der Waals surface area contributed by atoms with Gasteiger partial charge in [0.2, 0.25) is 5.75 Å². The third-order valence-corrected chi connectivity index (χ3v) is 3.68. The number of carbonyl (C=O) groups excluding carboxylic acids is 2. The summed E-state index contributed by atoms with van der Waals surface area (Å²) in [7, 11) is 0. The van der Waals surface area contributed by atoms with Crippen molar-refractivity contribution >= 4 is 11.9 Å². The highest BCUT2D eigenvalue weighted by Crippen LogP contribution is 2.37. The van der Waals surface area contributed by atoms with Gasteiger partial charge in [-0.2, -0.15) is 0 Å². The quantitative estimate of drug-likeness (QED) is 0.192. The lowest BCUT2D eigenvalue weighted by atomic mass is 10.2. The van der Waals surface area contributed by atoms with Crippen LogP contribution >= 0.6 is 0 Å². The van der Waals surface area contributed by atoms with E-state index in [1.165, 1.54) is 0 Å². The fourth-order valence-corrected chi connectivity index (χ4v) is 2.29. The number of phenols is 5. The van der Waals surface area contributed by atoms with Crippen molar-refractivity contribution in [2.75, 3.05) is 26.4 Å². The molecule has 2 aromatic rings. The molecular formula is C19H20O11. The van der Waals surface area contributed by atoms with Crippen LogP contribution in [0.2, 0.25) is 0 Å². The minimum atomic E-state index is -0.875. The predicted molar refractivity (Wildman–Crippen MR) is 99.0 cm³/mol. The van der Waals surface area contributed by atoms with Crippen molar-refractivity contribution in [1.82, 2.24) is 0 Å². The zero-order chi connectivity index (χ0) is 22.3. The fraction of sp³-hybridized carbons (Fsp3) is 0.263. The Hall–Kier alpha value is -3.86. The normalized spacial score (nSPS) is 10.4. The van der Waals surface area contributed by atoms with Crippen molar-refractivity contribution in [3.8, 4) is 34.5 Å². The van der Waals surface area contributed by atoms with Gasteiger partial charge in [-0.25, -0.2) is 9.59 Å². The third-order valence-electron chi connectivity index (χ3n) is 3.68. The number of benzene rings is 2. The summed E-state index contributed by atoms with van der Waals surface area (Å²) in [6.07, 6.45) is 0.114. The minimum absolute atomic E-state index is 0.114. The first-order valence-electron chi connectivity index (χ1n) is 8.63. The van der Waals surface area contributed by atoms with Crippen LogP contribution in [0.25, 0.3) is 0 Å². The van der Waals surface area contributed by atoms with E-state index in [1.54, 1.807) is 0 Å². The molecule has 0 spiro atoms. The van der Waals surface area contributed by atoms with Crippen molar-refractivity contribution in [3.05, 3.63) is 35.4 Å². The molecule has 2 aromatic carbocycles. The summed E-state index contributed by atoms with van der Waals surface area (Å²) in [5.41, 5.74) is -0.331. The van der Waals surface area contributed by atoms with Crippen LogP contribution in [0.5, 0.6) is 34.5 Å². The van der Waals surface area contributed by atoms with Crippen molar-refractivity contribution in [2.24, 2.45) is 0 Å². The molecule has 0 aliphatic carbocycles. The first-order chi connectivity index (χ1) is 14.2. The van der Waals surface area contributed by atoms with Gasteiger partial charge >= 0.3 is 11.9 Å². The molecule has 2 rings (SSSR count). The third kappa shape index (κ3) is 5.58. The summed E-state index contributed by atoms with van der Waals surface area (Å²) in [4.78, 5) is 23.8. The van der Waals surface area contributed by atoms with Gasteiger partial charge in [0, 0.05) is 6.42 Å². The maximum absolute atomic E-state index is 12.0. The van der Waals surface area contributed by atoms with Gasteiger partial charge in [-0.3, -0.25) is 0 Å². The van der Waals surface area contributed by atoms with Crippen LogP contribution in [0.1, 0.15) is 27.1 Å². The van der Waals surface area contributed by atoms with Crippen LogP contribution in [0.3, 0.4) is 0 Å². The molecule has 0 unspecified atom stereocenters. The number of hydrogen-bond donors (Lipinski definition) is 6. The van der Waals surface area contributed by atoms with Gasteiger partial charge in [-0.1, -0.05) is 0 Å². The number of phenolic OH excluding ortho intramolecular Hbond substituents is 5. The average Bonchev–Trinajstić information content (AvgIpc) is 2.70. The number of esters is 2. The summed E-state index contributed by atoms with van der Waals surface area (Å²) in [6.45, 7) is -0.795. The minimum Gasteiger partial charge on any atom is -0.504 e. The van der Waals surface area contributed by atoms with E-state index in [9.17, 15) is 35.1 Å². The molecule has 0 aliphatic heterocycles. The molecule has 0 bridgehead atoms. The summed E-state index contributed by atoms with van der Waals surface area (Å²) in [6, 6.07) is 3.89. The van der Waals surface area contributed by atoms with Gasteiger partial charge in [0.05, 0.1) is 30.9 Å². The topological polar surface area (TPSA) is 183 Å². The zero-order valence-corrected chi connectivity index (χ0v) is 15.6. The molecule has 0 heterocycles. The molecule has 0 fully saturated rings. The van der Waals surface area contributed by atoms with Crippen molar-refractivity contribution in [1.29, 1.82) is 0 Å². The van der Waals surface area contributed by atoms with Crippen LogP contribution in [0.15, 0.2) is 24.3 Å². The maximum atomic E-state index is 12.0. The summed E-state index contributed by atoms with van der Waals surface area (Å²) < 4.78 is 14.8. The Labute approximate surface area is 169 Å². The Balaban J connectivity index is 1.82. The van der Waals surface area contributed by atoms with Crippen LogP contribution in [-0.2, 0) is 9.47 Å². The second-order valence-corrected chi connectivity index (χ2v) is 5.90. The van der Waals surface area contributed by atoms with E-state index in [1.807, 2.05) is 0 Å². The molecule has 6 N–H and O–H groups in total. The highest BCUT2D eigenvalue weighted by molar-refractivity contribution is 5.91. The lowest BCUT2D eigenvalue weighted by Gasteiger charge is -2.11. The van der Waals surface area contributed by atoms with E-state index in [-0.39, 0.29) is 49.7 Å². The molecule has 162 valence electrons. The summed E-state index contributed by atoms with van der Waals surface area (Å²) in [5, 5.41) is 56.3. The molecule has 0 amide bonds. The second kappa shape index (κ2) is 10.1. The first kappa shape index (κ1) is 22.4. The Morgan fingerprint density at radius 1 is 0.700 bits per heavy atom. The number of hydrogen-bond acceptors (Lipinski definition) is 11. The largest absolute Gasteiger partial charge is 0.504 e. The molecule has 11 heteroatoms. The molecule has 0 saturated carbocycles. The summed E-state index contributed by atoms with van der Waals surface area (Å²) >= 11 is 0. The Bertz CT molecular complexity index is 877. The second-order valence-electron chi connectivity index (χ2n) is 5.90. The highest BCUT2D eigenvalue weighted by Gasteiger charge is 2.17. The SMILES string of the molecule is O=C(OCCCOC(=O)c1cc(O)c(OCCO)c(O)c1)c1cc(O)c(O)c(O)c1. The molecule has 0 radical (unpaired) electrons. The smallest absolute Gasteiger partial charge is 0.338 e. The number of aliphatic hydroxyl groups excluding tert-OH is 1. The molecule has 11 nitrogen and oxygen atoms in total. The van der Waals surface area contributed by atoms with E-state index in [4.69, 9.17) is 19.3 Å². The Kier molecular flexibility index (Phi) is 7.53. The summed E-state index contributed by atoms with van der Waals surface area (Å²) in [5.74, 6) is -5.16. The van der Waals surface area contributed by atoms with E-state index in [2.05, 4.69) is 0 Å². The number of aliphatic hydroxyl groups is 1. The maximum Gasteiger partial charge on any atom is 0.338 e. The van der Waals surface area contributed by atoms with E-state index in [0.29, 0.717) is 0 Å². The average molecular weight is 424 g/mol. The lowest BCUT2D eigenvalue weighted by molar-refractivity contribution is 0.0394. The van der Waals surface area contributed by atoms with Crippen LogP contribution in [0.4, 0.5) is 0 Å².